The van der Waals surface area contributed by atoms with Gasteiger partial charge in [-0.25, -0.2) is 9.91 Å². The maximum absolute atomic E-state index is 14.1. The largest absolute Gasteiger partial charge is 0.271 e. The Kier molecular flexibility index (Phi) is 7.24. The maximum atomic E-state index is 14.1. The van der Waals surface area contributed by atoms with Crippen LogP contribution in [0.5, 0.6) is 0 Å². The molecule has 44 heavy (non-hydrogen) atoms. The first-order valence-corrected chi connectivity index (χ1v) is 15.6. The third-order valence-corrected chi connectivity index (χ3v) is 9.36. The molecule has 0 bridgehead atoms. The number of aryl methyl sites for hydroxylation is 2. The molecule has 3 aliphatic heterocycles. The van der Waals surface area contributed by atoms with Gasteiger partial charge in [-0.3, -0.25) is 19.4 Å². The van der Waals surface area contributed by atoms with E-state index < -0.39 is 23.9 Å². The van der Waals surface area contributed by atoms with E-state index in [0.29, 0.717) is 5.69 Å². The maximum Gasteiger partial charge on any atom is 0.264 e. The zero-order valence-corrected chi connectivity index (χ0v) is 26.0. The first-order chi connectivity index (χ1) is 21.3. The smallest absolute Gasteiger partial charge is 0.264 e. The number of carbonyl (C=O) groups excluding carboxylic acids is 3. The number of amides is 3. The fourth-order valence-electron chi connectivity index (χ4n) is 6.58. The number of imide groups is 1. The van der Waals surface area contributed by atoms with Crippen molar-refractivity contribution in [1.29, 1.82) is 0 Å². The predicted octanol–water partition coefficient (Wildman–Crippen LogP) is 6.18. The molecule has 1 aliphatic carbocycles. The number of anilines is 1. The van der Waals surface area contributed by atoms with Gasteiger partial charge in [-0.2, -0.15) is 10.2 Å². The second-order valence-electron chi connectivity index (χ2n) is 11.8. The molecule has 7 rings (SSSR count). The SMILES string of the molecule is Cc1ccc(/C=C2\CCC[C@@H]3C2=NN(C(=O)CN2N=N[C@@H]4C(=O)N(c5ccc(Br)cc5)C(=O)[C@H]42)[C@H]3c2ccc(C)cc2)cc1. The number of benzene rings is 3. The van der Waals surface area contributed by atoms with Crippen LogP contribution in [0.1, 0.15) is 47.6 Å². The van der Waals surface area contributed by atoms with Crippen molar-refractivity contribution in [3.05, 3.63) is 105 Å². The van der Waals surface area contributed by atoms with Crippen molar-refractivity contribution in [3.63, 3.8) is 0 Å². The average Bonchev–Trinajstić information content (AvgIpc) is 3.69. The van der Waals surface area contributed by atoms with Gasteiger partial charge in [-0.15, -0.1) is 0 Å². The molecule has 1 saturated heterocycles. The molecule has 0 unspecified atom stereocenters. The van der Waals surface area contributed by atoms with Crippen LogP contribution in [-0.4, -0.2) is 52.1 Å². The standard InChI is InChI=1S/C34H31BrN6O3/c1-20-6-10-22(11-7-20)18-24-4-3-5-27-29(24)37-41(31(27)23-12-8-21(2)9-13-23)28(42)19-39-32-30(36-38-39)33(43)40(34(32)44)26-16-14-25(35)15-17-26/h6-18,27,30-32H,3-5,19H2,1-2H3/b24-18+/t27-,30+,31+,32+/m1/s1. The molecule has 10 heteroatoms. The van der Waals surface area contributed by atoms with Gasteiger partial charge in [0.2, 0.25) is 0 Å². The molecular formula is C34H31BrN6O3. The van der Waals surface area contributed by atoms with Gasteiger partial charge in [-0.1, -0.05) is 80.8 Å². The summed E-state index contributed by atoms with van der Waals surface area (Å²) >= 11 is 3.39. The Hall–Kier alpha value is -4.44. The second-order valence-corrected chi connectivity index (χ2v) is 12.8. The first kappa shape index (κ1) is 28.3. The van der Waals surface area contributed by atoms with Crippen LogP contribution in [0.15, 0.2) is 98.3 Å². The highest BCUT2D eigenvalue weighted by Gasteiger charge is 2.55. The summed E-state index contributed by atoms with van der Waals surface area (Å²) in [4.78, 5) is 42.0. The highest BCUT2D eigenvalue weighted by atomic mass is 79.9. The highest BCUT2D eigenvalue weighted by Crippen LogP contribution is 2.45. The Morgan fingerprint density at radius 1 is 0.909 bits per heavy atom. The molecule has 3 heterocycles. The lowest BCUT2D eigenvalue weighted by Gasteiger charge is -2.30. The Morgan fingerprint density at radius 2 is 1.59 bits per heavy atom. The van der Waals surface area contributed by atoms with Crippen LogP contribution in [0.2, 0.25) is 0 Å². The monoisotopic (exact) mass is 650 g/mol. The predicted molar refractivity (Wildman–Crippen MR) is 170 cm³/mol. The second kappa shape index (κ2) is 11.2. The highest BCUT2D eigenvalue weighted by molar-refractivity contribution is 9.10. The van der Waals surface area contributed by atoms with Crippen LogP contribution in [0, 0.1) is 19.8 Å². The fourth-order valence-corrected chi connectivity index (χ4v) is 6.84. The number of hydrogen-bond donors (Lipinski definition) is 0. The van der Waals surface area contributed by atoms with Gasteiger partial charge in [0.05, 0.1) is 17.4 Å². The van der Waals surface area contributed by atoms with E-state index in [9.17, 15) is 14.4 Å². The lowest BCUT2D eigenvalue weighted by atomic mass is 9.77. The quantitative estimate of drug-likeness (QED) is 0.308. The van der Waals surface area contributed by atoms with Crippen LogP contribution < -0.4 is 4.90 Å². The summed E-state index contributed by atoms with van der Waals surface area (Å²) in [6.45, 7) is 3.89. The lowest BCUT2D eigenvalue weighted by molar-refractivity contribution is -0.136. The summed E-state index contributed by atoms with van der Waals surface area (Å²) in [6.07, 6.45) is 4.98. The van der Waals surface area contributed by atoms with Gasteiger partial charge < -0.3 is 0 Å². The van der Waals surface area contributed by atoms with Crippen LogP contribution in [0.4, 0.5) is 5.69 Å². The Bertz CT molecular complexity index is 1730. The van der Waals surface area contributed by atoms with Crippen LogP contribution >= 0.6 is 15.9 Å². The normalized spacial score (nSPS) is 25.1. The van der Waals surface area contributed by atoms with Crippen molar-refractivity contribution in [3.8, 4) is 0 Å². The number of carbonyl (C=O) groups is 3. The van der Waals surface area contributed by atoms with E-state index in [4.69, 9.17) is 5.10 Å². The number of rotatable bonds is 5. The van der Waals surface area contributed by atoms with E-state index in [1.807, 2.05) is 6.92 Å². The summed E-state index contributed by atoms with van der Waals surface area (Å²) < 4.78 is 0.834. The number of allylic oxidation sites excluding steroid dienone is 1. The molecule has 3 aromatic rings. The van der Waals surface area contributed by atoms with Crippen molar-refractivity contribution in [1.82, 2.24) is 10.0 Å². The number of fused-ring (bicyclic) bond motifs is 2. The van der Waals surface area contributed by atoms with E-state index in [2.05, 4.69) is 87.8 Å². The topological polar surface area (TPSA) is 98.0 Å². The molecule has 3 aromatic carbocycles. The molecule has 0 radical (unpaired) electrons. The Balaban J connectivity index is 1.18. The molecule has 4 aliphatic rings. The number of halogens is 1. The van der Waals surface area contributed by atoms with Crippen molar-refractivity contribution < 1.29 is 14.4 Å². The van der Waals surface area contributed by atoms with Crippen molar-refractivity contribution >= 4 is 51.1 Å². The van der Waals surface area contributed by atoms with E-state index in [0.717, 1.165) is 56.6 Å². The summed E-state index contributed by atoms with van der Waals surface area (Å²) in [5, 5.41) is 16.2. The number of nitrogens with zero attached hydrogens (tertiary/aromatic N) is 6. The molecule has 4 atom stereocenters. The van der Waals surface area contributed by atoms with Crippen LogP contribution in [-0.2, 0) is 14.4 Å². The Labute approximate surface area is 264 Å². The van der Waals surface area contributed by atoms with Crippen LogP contribution in [0.25, 0.3) is 6.08 Å². The minimum Gasteiger partial charge on any atom is -0.271 e. The van der Waals surface area contributed by atoms with E-state index in [-0.39, 0.29) is 24.4 Å². The van der Waals surface area contributed by atoms with E-state index in [1.165, 1.54) is 10.6 Å². The summed E-state index contributed by atoms with van der Waals surface area (Å²) in [5.74, 6) is -1.14. The van der Waals surface area contributed by atoms with Gasteiger partial charge in [0, 0.05) is 10.4 Å². The molecular weight excluding hydrogens is 620 g/mol. The van der Waals surface area contributed by atoms with E-state index >= 15 is 0 Å². The van der Waals surface area contributed by atoms with Crippen molar-refractivity contribution in [2.24, 2.45) is 21.4 Å². The van der Waals surface area contributed by atoms with Gasteiger partial charge >= 0.3 is 0 Å². The molecule has 222 valence electrons. The third kappa shape index (κ3) is 4.96. The van der Waals surface area contributed by atoms with Crippen molar-refractivity contribution in [2.45, 2.75) is 51.2 Å². The zero-order chi connectivity index (χ0) is 30.5. The van der Waals surface area contributed by atoms with Gasteiger partial charge in [-0.05, 0) is 80.2 Å². The first-order valence-electron chi connectivity index (χ1n) is 14.8. The molecule has 0 spiro atoms. The fraction of sp³-hybridized carbons (Fsp3) is 0.294. The van der Waals surface area contributed by atoms with Crippen LogP contribution in [0.3, 0.4) is 0 Å². The molecule has 9 nitrogen and oxygen atoms in total. The third-order valence-electron chi connectivity index (χ3n) is 8.83. The number of hydrazone groups is 1. The summed E-state index contributed by atoms with van der Waals surface area (Å²) in [7, 11) is 0. The average molecular weight is 652 g/mol. The van der Waals surface area contributed by atoms with Gasteiger partial charge in [0.1, 0.15) is 6.54 Å². The zero-order valence-electron chi connectivity index (χ0n) is 24.4. The molecule has 1 saturated carbocycles. The molecule has 2 fully saturated rings. The minimum absolute atomic E-state index is 0.0441. The van der Waals surface area contributed by atoms with Crippen molar-refractivity contribution in [2.75, 3.05) is 11.4 Å². The minimum atomic E-state index is -0.983. The van der Waals surface area contributed by atoms with Gasteiger partial charge in [0.15, 0.2) is 12.1 Å². The number of hydrogen-bond acceptors (Lipinski definition) is 7. The molecule has 3 amide bonds. The summed E-state index contributed by atoms with van der Waals surface area (Å²) in [5.41, 5.74) is 6.99. The molecule has 0 N–H and O–H groups in total. The van der Waals surface area contributed by atoms with E-state index in [1.54, 1.807) is 29.3 Å². The molecule has 0 aromatic heterocycles. The van der Waals surface area contributed by atoms with Gasteiger partial charge in [0.25, 0.3) is 17.7 Å². The lowest BCUT2D eigenvalue weighted by Crippen LogP contribution is -2.45. The Morgan fingerprint density at radius 3 is 2.30 bits per heavy atom. The summed E-state index contributed by atoms with van der Waals surface area (Å²) in [6, 6.07) is 21.3.